The van der Waals surface area contributed by atoms with Gasteiger partial charge in [-0.2, -0.15) is 5.10 Å². The molecular weight excluding hydrogens is 393 g/mol. The fourth-order valence-corrected chi connectivity index (χ4v) is 3.13. The van der Waals surface area contributed by atoms with Crippen LogP contribution in [0.2, 0.25) is 0 Å². The zero-order chi connectivity index (χ0) is 21.5. The van der Waals surface area contributed by atoms with E-state index in [4.69, 9.17) is 4.74 Å². The Hall–Kier alpha value is -3.93. The molecule has 0 fully saturated rings. The number of carbonyl (C=O) groups excluding carboxylic acids is 1. The molecule has 0 aliphatic rings. The van der Waals surface area contributed by atoms with Crippen LogP contribution in [0.25, 0.3) is 5.69 Å². The first-order chi connectivity index (χ1) is 15.2. The predicted molar refractivity (Wildman–Crippen MR) is 117 cm³/mol. The van der Waals surface area contributed by atoms with Gasteiger partial charge in [-0.05, 0) is 41.8 Å². The molecule has 0 aliphatic heterocycles. The Morgan fingerprint density at radius 1 is 0.903 bits per heavy atom. The molecule has 0 saturated heterocycles. The average molecular weight is 415 g/mol. The van der Waals surface area contributed by atoms with E-state index >= 15 is 0 Å². The molecule has 1 aromatic heterocycles. The highest BCUT2D eigenvalue weighted by Crippen LogP contribution is 2.21. The van der Waals surface area contributed by atoms with Gasteiger partial charge in [0.1, 0.15) is 12.4 Å². The molecule has 6 heteroatoms. The maximum absolute atomic E-state index is 13.3. The van der Waals surface area contributed by atoms with Crippen molar-refractivity contribution in [1.29, 1.82) is 0 Å². The standard InChI is InChI=1S/C25H22FN3O2/c26-21-11-13-22(14-12-21)29-17-23(31-18-20-9-5-2-6-10-20)24(28-29)25(30)27-16-15-19-7-3-1-4-8-19/h1-14,17H,15-16,18H2,(H,27,30). The molecule has 5 nitrogen and oxygen atoms in total. The minimum Gasteiger partial charge on any atom is -0.485 e. The van der Waals surface area contributed by atoms with Crippen LogP contribution in [-0.4, -0.2) is 22.2 Å². The molecule has 4 aromatic rings. The fourth-order valence-electron chi connectivity index (χ4n) is 3.13. The molecule has 0 spiro atoms. The molecule has 0 saturated carbocycles. The van der Waals surface area contributed by atoms with Crippen LogP contribution in [0.3, 0.4) is 0 Å². The summed E-state index contributed by atoms with van der Waals surface area (Å²) in [5, 5.41) is 7.31. The lowest BCUT2D eigenvalue weighted by Crippen LogP contribution is -2.26. The summed E-state index contributed by atoms with van der Waals surface area (Å²) >= 11 is 0. The number of hydrogen-bond donors (Lipinski definition) is 1. The molecule has 156 valence electrons. The van der Waals surface area contributed by atoms with Crippen molar-refractivity contribution in [3.05, 3.63) is 114 Å². The number of aromatic nitrogens is 2. The van der Waals surface area contributed by atoms with E-state index in [1.54, 1.807) is 18.3 Å². The molecular formula is C25H22FN3O2. The van der Waals surface area contributed by atoms with Crippen LogP contribution in [0, 0.1) is 5.82 Å². The van der Waals surface area contributed by atoms with Crippen LogP contribution in [-0.2, 0) is 13.0 Å². The topological polar surface area (TPSA) is 56.2 Å². The molecule has 1 heterocycles. The SMILES string of the molecule is O=C(NCCc1ccccc1)c1nn(-c2ccc(F)cc2)cc1OCc1ccccc1. The highest BCUT2D eigenvalue weighted by atomic mass is 19.1. The predicted octanol–water partition coefficient (Wildman–Crippen LogP) is 4.56. The van der Waals surface area contributed by atoms with E-state index in [1.165, 1.54) is 16.8 Å². The van der Waals surface area contributed by atoms with E-state index in [2.05, 4.69) is 10.4 Å². The molecule has 0 radical (unpaired) electrons. The van der Waals surface area contributed by atoms with Gasteiger partial charge in [0, 0.05) is 6.54 Å². The van der Waals surface area contributed by atoms with Gasteiger partial charge in [-0.1, -0.05) is 60.7 Å². The molecule has 1 N–H and O–H groups in total. The summed E-state index contributed by atoms with van der Waals surface area (Å²) in [4.78, 5) is 12.8. The zero-order valence-electron chi connectivity index (χ0n) is 16.9. The largest absolute Gasteiger partial charge is 0.485 e. The third-order valence-corrected chi connectivity index (χ3v) is 4.77. The minimum atomic E-state index is -0.338. The Balaban J connectivity index is 1.51. The van der Waals surface area contributed by atoms with Gasteiger partial charge in [0.2, 0.25) is 0 Å². The minimum absolute atomic E-state index is 0.188. The van der Waals surface area contributed by atoms with Gasteiger partial charge in [-0.15, -0.1) is 0 Å². The van der Waals surface area contributed by atoms with Crippen molar-refractivity contribution >= 4 is 5.91 Å². The number of ether oxygens (including phenoxy) is 1. The Bertz CT molecular complexity index is 1130. The first-order valence-electron chi connectivity index (χ1n) is 10.0. The number of benzene rings is 3. The van der Waals surface area contributed by atoms with Crippen molar-refractivity contribution in [1.82, 2.24) is 15.1 Å². The molecule has 0 unspecified atom stereocenters. The highest BCUT2D eigenvalue weighted by molar-refractivity contribution is 5.95. The van der Waals surface area contributed by atoms with Crippen LogP contribution >= 0.6 is 0 Å². The number of amides is 1. The Kier molecular flexibility index (Phi) is 6.38. The van der Waals surface area contributed by atoms with Crippen molar-refractivity contribution in [3.63, 3.8) is 0 Å². The number of hydrogen-bond acceptors (Lipinski definition) is 3. The maximum atomic E-state index is 13.3. The average Bonchev–Trinajstić information content (AvgIpc) is 3.24. The molecule has 3 aromatic carbocycles. The van der Waals surface area contributed by atoms with E-state index in [9.17, 15) is 9.18 Å². The fraction of sp³-hybridized carbons (Fsp3) is 0.120. The Labute approximate surface area is 180 Å². The second-order valence-electron chi connectivity index (χ2n) is 7.03. The van der Waals surface area contributed by atoms with Crippen LogP contribution < -0.4 is 10.1 Å². The molecule has 0 bridgehead atoms. The monoisotopic (exact) mass is 415 g/mol. The number of carbonyl (C=O) groups is 1. The first kappa shape index (κ1) is 20.3. The third-order valence-electron chi connectivity index (χ3n) is 4.77. The molecule has 1 amide bonds. The Morgan fingerprint density at radius 3 is 2.23 bits per heavy atom. The van der Waals surface area contributed by atoms with Gasteiger partial charge in [0.15, 0.2) is 11.4 Å². The molecule has 0 aliphatic carbocycles. The first-order valence-corrected chi connectivity index (χ1v) is 10.0. The molecule has 31 heavy (non-hydrogen) atoms. The number of nitrogens with one attached hydrogen (secondary N) is 1. The second kappa shape index (κ2) is 9.71. The van der Waals surface area contributed by atoms with Crippen LogP contribution in [0.15, 0.2) is 91.1 Å². The van der Waals surface area contributed by atoms with Gasteiger partial charge < -0.3 is 10.1 Å². The smallest absolute Gasteiger partial charge is 0.275 e. The number of nitrogens with zero attached hydrogens (tertiary/aromatic N) is 2. The summed E-state index contributed by atoms with van der Waals surface area (Å²) in [6.07, 6.45) is 2.35. The molecule has 0 atom stereocenters. The maximum Gasteiger partial charge on any atom is 0.275 e. The lowest BCUT2D eigenvalue weighted by Gasteiger charge is -2.07. The summed E-state index contributed by atoms with van der Waals surface area (Å²) in [5.41, 5.74) is 2.94. The Morgan fingerprint density at radius 2 is 1.55 bits per heavy atom. The summed E-state index contributed by atoms with van der Waals surface area (Å²) in [6.45, 7) is 0.782. The summed E-state index contributed by atoms with van der Waals surface area (Å²) < 4.78 is 20.7. The number of rotatable bonds is 8. The van der Waals surface area contributed by atoms with E-state index in [0.29, 0.717) is 31.0 Å². The second-order valence-corrected chi connectivity index (χ2v) is 7.03. The van der Waals surface area contributed by atoms with E-state index in [0.717, 1.165) is 11.1 Å². The normalized spacial score (nSPS) is 10.6. The van der Waals surface area contributed by atoms with Crippen molar-refractivity contribution in [3.8, 4) is 11.4 Å². The number of halogens is 1. The van der Waals surface area contributed by atoms with Gasteiger partial charge in [-0.25, -0.2) is 9.07 Å². The summed E-state index contributed by atoms with van der Waals surface area (Å²) in [6, 6.07) is 25.5. The van der Waals surface area contributed by atoms with Crippen LogP contribution in [0.5, 0.6) is 5.75 Å². The van der Waals surface area contributed by atoms with Gasteiger partial charge >= 0.3 is 0 Å². The summed E-state index contributed by atoms with van der Waals surface area (Å²) in [5.74, 6) is -0.291. The van der Waals surface area contributed by atoms with Crippen LogP contribution in [0.1, 0.15) is 21.6 Å². The van der Waals surface area contributed by atoms with Crippen molar-refractivity contribution in [2.24, 2.45) is 0 Å². The van der Waals surface area contributed by atoms with Crippen molar-refractivity contribution in [2.75, 3.05) is 6.54 Å². The van der Waals surface area contributed by atoms with Gasteiger partial charge in [0.05, 0.1) is 11.9 Å². The third kappa shape index (κ3) is 5.36. The quantitative estimate of drug-likeness (QED) is 0.459. The van der Waals surface area contributed by atoms with Gasteiger partial charge in [-0.3, -0.25) is 4.79 Å². The van der Waals surface area contributed by atoms with Crippen molar-refractivity contribution < 1.29 is 13.9 Å². The zero-order valence-corrected chi connectivity index (χ0v) is 16.9. The van der Waals surface area contributed by atoms with Crippen molar-refractivity contribution in [2.45, 2.75) is 13.0 Å². The van der Waals surface area contributed by atoms with E-state index in [1.807, 2.05) is 60.7 Å². The van der Waals surface area contributed by atoms with Gasteiger partial charge in [0.25, 0.3) is 5.91 Å². The molecule has 4 rings (SSSR count). The lowest BCUT2D eigenvalue weighted by atomic mass is 10.1. The van der Waals surface area contributed by atoms with E-state index in [-0.39, 0.29) is 17.4 Å². The van der Waals surface area contributed by atoms with Crippen LogP contribution in [0.4, 0.5) is 4.39 Å². The van der Waals surface area contributed by atoms with E-state index < -0.39 is 0 Å². The highest BCUT2D eigenvalue weighted by Gasteiger charge is 2.19. The summed E-state index contributed by atoms with van der Waals surface area (Å²) in [7, 11) is 0. The lowest BCUT2D eigenvalue weighted by molar-refractivity contribution is 0.0944.